The summed E-state index contributed by atoms with van der Waals surface area (Å²) in [7, 11) is 0. The van der Waals surface area contributed by atoms with Crippen molar-refractivity contribution in [3.8, 4) is 5.75 Å². The highest BCUT2D eigenvalue weighted by Crippen LogP contribution is 2.38. The van der Waals surface area contributed by atoms with E-state index in [4.69, 9.17) is 4.74 Å². The lowest BCUT2D eigenvalue weighted by molar-refractivity contribution is -0.138. The Morgan fingerprint density at radius 3 is 2.73 bits per heavy atom. The molecule has 3 nitrogen and oxygen atoms in total. The van der Waals surface area contributed by atoms with Crippen LogP contribution < -0.4 is 10.1 Å². The molecule has 2 rings (SSSR count). The number of halogens is 3. The van der Waals surface area contributed by atoms with Gasteiger partial charge in [0.05, 0.1) is 12.2 Å². The number of rotatable bonds is 7. The van der Waals surface area contributed by atoms with Gasteiger partial charge in [-0.2, -0.15) is 13.2 Å². The fourth-order valence-electron chi connectivity index (χ4n) is 1.90. The Hall–Kier alpha value is -1.76. The Morgan fingerprint density at radius 2 is 2.09 bits per heavy atom. The van der Waals surface area contributed by atoms with Crippen LogP contribution in [-0.2, 0) is 6.18 Å². The lowest BCUT2D eigenvalue weighted by atomic mass is 10.1. The molecule has 0 amide bonds. The van der Waals surface area contributed by atoms with Crippen molar-refractivity contribution in [1.29, 1.82) is 0 Å². The molecule has 0 atom stereocenters. The average Bonchev–Trinajstić information content (AvgIpc) is 2.96. The molecule has 0 aliphatic carbocycles. The summed E-state index contributed by atoms with van der Waals surface area (Å²) in [6.07, 6.45) is -0.201. The average molecular weight is 330 g/mol. The van der Waals surface area contributed by atoms with Crippen LogP contribution in [0.1, 0.15) is 31.7 Å². The van der Waals surface area contributed by atoms with E-state index in [-0.39, 0.29) is 12.4 Å². The summed E-state index contributed by atoms with van der Waals surface area (Å²) in [5.74, 6) is -0.131. The highest BCUT2D eigenvalue weighted by Gasteiger charge is 2.34. The van der Waals surface area contributed by atoms with Gasteiger partial charge >= 0.3 is 6.18 Å². The van der Waals surface area contributed by atoms with Crippen molar-refractivity contribution in [2.75, 3.05) is 11.9 Å². The molecule has 0 spiro atoms. The minimum absolute atomic E-state index is 0.131. The topological polar surface area (TPSA) is 34.1 Å². The highest BCUT2D eigenvalue weighted by molar-refractivity contribution is 7.13. The maximum absolute atomic E-state index is 13.2. The van der Waals surface area contributed by atoms with Gasteiger partial charge in [0, 0.05) is 17.3 Å². The molecule has 2 aromatic rings. The standard InChI is InChI=1S/C15H17F3N2OS/c1-2-3-4-8-21-13-6-5-11(10-12(13)15(16,17)18)20-14-19-7-9-22-14/h5-7,9-10H,2-4,8H2,1H3,(H,19,20). The first-order valence-electron chi connectivity index (χ1n) is 7.01. The monoisotopic (exact) mass is 330 g/mol. The lowest BCUT2D eigenvalue weighted by Gasteiger charge is -2.15. The Morgan fingerprint density at radius 1 is 1.27 bits per heavy atom. The number of alkyl halides is 3. The van der Waals surface area contributed by atoms with Crippen molar-refractivity contribution in [1.82, 2.24) is 4.98 Å². The van der Waals surface area contributed by atoms with Gasteiger partial charge in [-0.3, -0.25) is 0 Å². The minimum atomic E-state index is -4.46. The molecule has 0 aliphatic heterocycles. The zero-order valence-electron chi connectivity index (χ0n) is 12.1. The smallest absolute Gasteiger partial charge is 0.420 e. The summed E-state index contributed by atoms with van der Waals surface area (Å²) >= 11 is 1.32. The molecule has 0 fully saturated rings. The lowest BCUT2D eigenvalue weighted by Crippen LogP contribution is -2.10. The van der Waals surface area contributed by atoms with Crippen molar-refractivity contribution >= 4 is 22.2 Å². The van der Waals surface area contributed by atoms with Gasteiger partial charge < -0.3 is 10.1 Å². The fourth-order valence-corrected chi connectivity index (χ4v) is 2.45. The van der Waals surface area contributed by atoms with E-state index >= 15 is 0 Å². The summed E-state index contributed by atoms with van der Waals surface area (Å²) < 4.78 is 44.8. The zero-order valence-corrected chi connectivity index (χ0v) is 12.9. The van der Waals surface area contributed by atoms with E-state index in [1.807, 2.05) is 6.92 Å². The number of benzene rings is 1. The third kappa shape index (κ3) is 4.62. The van der Waals surface area contributed by atoms with E-state index in [1.165, 1.54) is 17.4 Å². The van der Waals surface area contributed by atoms with Gasteiger partial charge in [0.15, 0.2) is 5.13 Å². The molecule has 7 heteroatoms. The van der Waals surface area contributed by atoms with E-state index in [2.05, 4.69) is 10.3 Å². The predicted octanol–water partition coefficient (Wildman–Crippen LogP) is 5.47. The number of aromatic nitrogens is 1. The molecular formula is C15H17F3N2OS. The molecule has 0 saturated carbocycles. The van der Waals surface area contributed by atoms with Crippen molar-refractivity contribution in [3.05, 3.63) is 35.3 Å². The maximum atomic E-state index is 13.2. The Bertz CT molecular complexity index is 585. The summed E-state index contributed by atoms with van der Waals surface area (Å²) in [5, 5.41) is 5.15. The van der Waals surface area contributed by atoms with Crippen LogP contribution >= 0.6 is 11.3 Å². The molecule has 120 valence electrons. The predicted molar refractivity (Wildman–Crippen MR) is 81.9 cm³/mol. The first-order valence-corrected chi connectivity index (χ1v) is 7.89. The first kappa shape index (κ1) is 16.6. The van der Waals surface area contributed by atoms with Gasteiger partial charge in [-0.1, -0.05) is 19.8 Å². The molecule has 1 N–H and O–H groups in total. The molecule has 0 aliphatic rings. The molecular weight excluding hydrogens is 313 g/mol. The van der Waals surface area contributed by atoms with Crippen molar-refractivity contribution in [2.24, 2.45) is 0 Å². The van der Waals surface area contributed by atoms with Crippen LogP contribution in [0.25, 0.3) is 0 Å². The van der Waals surface area contributed by atoms with E-state index in [1.54, 1.807) is 17.6 Å². The van der Waals surface area contributed by atoms with Crippen LogP contribution in [-0.4, -0.2) is 11.6 Å². The van der Waals surface area contributed by atoms with E-state index in [0.717, 1.165) is 25.3 Å². The molecule has 1 aromatic carbocycles. The molecule has 22 heavy (non-hydrogen) atoms. The van der Waals surface area contributed by atoms with Crippen molar-refractivity contribution < 1.29 is 17.9 Å². The van der Waals surface area contributed by atoms with Crippen molar-refractivity contribution in [3.63, 3.8) is 0 Å². The molecule has 1 aromatic heterocycles. The second-order valence-electron chi connectivity index (χ2n) is 4.73. The number of nitrogens with one attached hydrogen (secondary N) is 1. The summed E-state index contributed by atoms with van der Waals surface area (Å²) in [6.45, 7) is 2.32. The second kappa shape index (κ2) is 7.49. The maximum Gasteiger partial charge on any atom is 0.420 e. The van der Waals surface area contributed by atoms with Crippen LogP contribution in [0.15, 0.2) is 29.8 Å². The normalized spacial score (nSPS) is 11.5. The third-order valence-corrected chi connectivity index (χ3v) is 3.66. The molecule has 0 bridgehead atoms. The van der Waals surface area contributed by atoms with Crippen LogP contribution in [0.4, 0.5) is 24.0 Å². The third-order valence-electron chi connectivity index (χ3n) is 2.97. The number of nitrogens with zero attached hydrogens (tertiary/aromatic N) is 1. The number of anilines is 2. The van der Waals surface area contributed by atoms with Crippen molar-refractivity contribution in [2.45, 2.75) is 32.4 Å². The summed E-state index contributed by atoms with van der Waals surface area (Å²) in [4.78, 5) is 3.99. The first-order chi connectivity index (χ1) is 10.5. The SMILES string of the molecule is CCCCCOc1ccc(Nc2nccs2)cc1C(F)(F)F. The van der Waals surface area contributed by atoms with Gasteiger partial charge in [-0.15, -0.1) is 11.3 Å². The number of unbranched alkanes of at least 4 members (excludes halogenated alkanes) is 2. The molecule has 0 unspecified atom stereocenters. The Kier molecular flexibility index (Phi) is 5.65. The Balaban J connectivity index is 2.15. The van der Waals surface area contributed by atoms with Crippen LogP contribution in [0.3, 0.4) is 0 Å². The van der Waals surface area contributed by atoms with E-state index in [0.29, 0.717) is 10.8 Å². The van der Waals surface area contributed by atoms with Gasteiger partial charge in [0.25, 0.3) is 0 Å². The fraction of sp³-hybridized carbons (Fsp3) is 0.400. The van der Waals surface area contributed by atoms with Gasteiger partial charge in [-0.05, 0) is 24.6 Å². The van der Waals surface area contributed by atoms with E-state index in [9.17, 15) is 13.2 Å². The number of ether oxygens (including phenoxy) is 1. The summed E-state index contributed by atoms with van der Waals surface area (Å²) in [6, 6.07) is 3.97. The Labute approximate surface area is 131 Å². The quantitative estimate of drug-likeness (QED) is 0.683. The highest BCUT2D eigenvalue weighted by atomic mass is 32.1. The largest absolute Gasteiger partial charge is 0.493 e. The molecule has 0 radical (unpaired) electrons. The summed E-state index contributed by atoms with van der Waals surface area (Å²) in [5.41, 5.74) is -0.436. The number of hydrogen-bond donors (Lipinski definition) is 1. The van der Waals surface area contributed by atoms with Gasteiger partial charge in [-0.25, -0.2) is 4.98 Å². The van der Waals surface area contributed by atoms with E-state index < -0.39 is 11.7 Å². The van der Waals surface area contributed by atoms with Crippen LogP contribution in [0.2, 0.25) is 0 Å². The van der Waals surface area contributed by atoms with Gasteiger partial charge in [0.2, 0.25) is 0 Å². The molecule has 0 saturated heterocycles. The van der Waals surface area contributed by atoms with Crippen LogP contribution in [0.5, 0.6) is 5.75 Å². The number of hydrogen-bond acceptors (Lipinski definition) is 4. The zero-order chi connectivity index (χ0) is 16.0. The molecule has 1 heterocycles. The van der Waals surface area contributed by atoms with Crippen LogP contribution in [0, 0.1) is 0 Å². The second-order valence-corrected chi connectivity index (χ2v) is 5.62. The number of thiazole rings is 1. The van der Waals surface area contributed by atoms with Gasteiger partial charge in [0.1, 0.15) is 5.75 Å². The minimum Gasteiger partial charge on any atom is -0.493 e.